The number of carbonyl (C=O) groups is 1. The third-order valence-corrected chi connectivity index (χ3v) is 9.74. The van der Waals surface area contributed by atoms with Gasteiger partial charge in [-0.3, -0.25) is 10.1 Å². The topological polar surface area (TPSA) is 99.5 Å². The van der Waals surface area contributed by atoms with Gasteiger partial charge in [0.25, 0.3) is 5.69 Å². The van der Waals surface area contributed by atoms with Gasteiger partial charge in [-0.1, -0.05) is 49.4 Å². The molecular formula is C32H47N5O5S. The fraction of sp³-hybridized carbons (Fsp3) is 0.531. The number of carbonyl (C=O) groups excluding carboxylic acids is 1. The highest BCUT2D eigenvalue weighted by atomic mass is 32.2. The standard InChI is InChI=1S/C26H41N5O5S.C6H6/c1-6-13-30(26(32)36-19-21-7-9-24(10-8-21)31(33)34)23-11-14-29(15-12-23)18-22-17-25(16-20(22)2)28(5)37(35)27(3)4;1-2-4-6-5-3-1/h6-10,20,22-23,25H,1,11-19H2,2-5H3;1-6H/t20?,22-,25?,37?;/m1./s1. The first-order chi connectivity index (χ1) is 20.6. The molecule has 1 aliphatic carbocycles. The molecule has 10 nitrogen and oxygen atoms in total. The molecule has 236 valence electrons. The van der Waals surface area contributed by atoms with Crippen LogP contribution in [0.3, 0.4) is 0 Å². The first-order valence-corrected chi connectivity index (χ1v) is 16.0. The van der Waals surface area contributed by atoms with Crippen molar-refractivity contribution in [3.05, 3.63) is 89.0 Å². The zero-order valence-corrected chi connectivity index (χ0v) is 26.7. The van der Waals surface area contributed by atoms with E-state index in [0.29, 0.717) is 30.0 Å². The number of nitrogens with zero attached hydrogens (tertiary/aromatic N) is 5. The van der Waals surface area contributed by atoms with Gasteiger partial charge in [0.05, 0.1) is 4.92 Å². The Hall–Kier alpha value is -3.12. The van der Waals surface area contributed by atoms with E-state index in [1.807, 2.05) is 61.8 Å². The van der Waals surface area contributed by atoms with Crippen LogP contribution < -0.4 is 0 Å². The molecule has 1 saturated carbocycles. The molecule has 43 heavy (non-hydrogen) atoms. The maximum atomic E-state index is 12.9. The highest BCUT2D eigenvalue weighted by Crippen LogP contribution is 2.36. The van der Waals surface area contributed by atoms with Crippen molar-refractivity contribution in [3.8, 4) is 0 Å². The van der Waals surface area contributed by atoms with E-state index in [0.717, 1.165) is 45.3 Å². The number of benzene rings is 2. The lowest BCUT2D eigenvalue weighted by Gasteiger charge is -2.38. The number of piperidine rings is 1. The minimum absolute atomic E-state index is 0.00759. The molecule has 0 N–H and O–H groups in total. The Morgan fingerprint density at radius 2 is 1.63 bits per heavy atom. The highest BCUT2D eigenvalue weighted by molar-refractivity contribution is 7.80. The molecule has 0 aromatic heterocycles. The summed E-state index contributed by atoms with van der Waals surface area (Å²) in [6.45, 7) is 9.45. The van der Waals surface area contributed by atoms with Crippen LogP contribution in [-0.4, -0.2) is 93.0 Å². The van der Waals surface area contributed by atoms with Gasteiger partial charge in [0, 0.05) is 71.5 Å². The Balaban J connectivity index is 0.000000749. The molecule has 2 aromatic carbocycles. The third kappa shape index (κ3) is 10.5. The predicted molar refractivity (Wildman–Crippen MR) is 171 cm³/mol. The molecule has 1 aliphatic heterocycles. The SMILES string of the molecule is C=CCN(C(=O)OCc1ccc([N+](=O)[O-])cc1)C1CCN(C[C@H]2CC(N(C)S(=O)N(C)C)CC2C)CC1.c1ccccc1. The van der Waals surface area contributed by atoms with Crippen molar-refractivity contribution in [1.82, 2.24) is 18.4 Å². The predicted octanol–water partition coefficient (Wildman–Crippen LogP) is 5.36. The van der Waals surface area contributed by atoms with Gasteiger partial charge in [0.1, 0.15) is 6.61 Å². The van der Waals surface area contributed by atoms with Crippen molar-refractivity contribution < 1.29 is 18.7 Å². The molecule has 2 aromatic rings. The molecular weight excluding hydrogens is 566 g/mol. The van der Waals surface area contributed by atoms with E-state index >= 15 is 0 Å². The van der Waals surface area contributed by atoms with Crippen LogP contribution in [0.1, 0.15) is 38.2 Å². The normalized spacial score (nSPS) is 21.6. The summed E-state index contributed by atoms with van der Waals surface area (Å²) >= 11 is -1.11. The van der Waals surface area contributed by atoms with Crippen LogP contribution in [0.4, 0.5) is 10.5 Å². The number of nitro groups is 1. The number of likely N-dealkylation sites (tertiary alicyclic amines) is 1. The van der Waals surface area contributed by atoms with Crippen molar-refractivity contribution in [1.29, 1.82) is 0 Å². The van der Waals surface area contributed by atoms with Crippen LogP contribution in [0, 0.1) is 22.0 Å². The summed E-state index contributed by atoms with van der Waals surface area (Å²) in [5.74, 6) is 1.15. The molecule has 1 saturated heterocycles. The van der Waals surface area contributed by atoms with E-state index in [-0.39, 0.29) is 24.4 Å². The van der Waals surface area contributed by atoms with Gasteiger partial charge in [-0.2, -0.15) is 0 Å². The number of nitro benzene ring substituents is 1. The first kappa shape index (κ1) is 34.4. The smallest absolute Gasteiger partial charge is 0.410 e. The molecule has 0 spiro atoms. The van der Waals surface area contributed by atoms with E-state index in [1.165, 1.54) is 12.1 Å². The molecule has 3 unspecified atom stereocenters. The number of amides is 1. The van der Waals surface area contributed by atoms with Crippen LogP contribution in [-0.2, 0) is 22.5 Å². The molecule has 2 aliphatic rings. The molecule has 4 rings (SSSR count). The van der Waals surface area contributed by atoms with E-state index in [1.54, 1.807) is 27.4 Å². The van der Waals surface area contributed by atoms with E-state index in [4.69, 9.17) is 4.74 Å². The quantitative estimate of drug-likeness (QED) is 0.192. The van der Waals surface area contributed by atoms with Crippen LogP contribution >= 0.6 is 0 Å². The van der Waals surface area contributed by atoms with Gasteiger partial charge in [0.15, 0.2) is 11.2 Å². The number of hydrogen-bond acceptors (Lipinski definition) is 6. The van der Waals surface area contributed by atoms with Gasteiger partial charge in [0.2, 0.25) is 0 Å². The first-order valence-electron chi connectivity index (χ1n) is 14.9. The summed E-state index contributed by atoms with van der Waals surface area (Å²) in [5, 5.41) is 10.8. The van der Waals surface area contributed by atoms with Crippen LogP contribution in [0.2, 0.25) is 0 Å². The maximum Gasteiger partial charge on any atom is 0.410 e. The van der Waals surface area contributed by atoms with Gasteiger partial charge in [-0.25, -0.2) is 17.6 Å². The Morgan fingerprint density at radius 3 is 2.14 bits per heavy atom. The number of rotatable bonds is 11. The molecule has 1 heterocycles. The average Bonchev–Trinajstić information content (AvgIpc) is 3.39. The second kappa shape index (κ2) is 17.2. The second-order valence-corrected chi connectivity index (χ2v) is 13.3. The van der Waals surface area contributed by atoms with E-state index < -0.39 is 16.1 Å². The minimum atomic E-state index is -1.11. The average molecular weight is 614 g/mol. The van der Waals surface area contributed by atoms with Gasteiger partial charge < -0.3 is 14.5 Å². The lowest BCUT2D eigenvalue weighted by atomic mass is 9.95. The summed E-state index contributed by atoms with van der Waals surface area (Å²) < 4.78 is 21.8. The number of hydrogen-bond donors (Lipinski definition) is 0. The van der Waals surface area contributed by atoms with Crippen molar-refractivity contribution in [2.24, 2.45) is 11.8 Å². The fourth-order valence-electron chi connectivity index (χ4n) is 5.82. The van der Waals surface area contributed by atoms with Crippen molar-refractivity contribution in [3.63, 3.8) is 0 Å². The van der Waals surface area contributed by atoms with Crippen molar-refractivity contribution in [2.45, 2.75) is 51.3 Å². The van der Waals surface area contributed by atoms with Gasteiger partial charge in [-0.15, -0.1) is 6.58 Å². The zero-order valence-electron chi connectivity index (χ0n) is 25.9. The van der Waals surface area contributed by atoms with Crippen molar-refractivity contribution >= 4 is 23.0 Å². The lowest BCUT2D eigenvalue weighted by Crippen LogP contribution is -2.48. The Kier molecular flexibility index (Phi) is 13.8. The summed E-state index contributed by atoms with van der Waals surface area (Å²) in [6.07, 6.45) is 5.18. The Labute approximate surface area is 259 Å². The highest BCUT2D eigenvalue weighted by Gasteiger charge is 2.37. The number of non-ortho nitro benzene ring substituents is 1. The summed E-state index contributed by atoms with van der Waals surface area (Å²) in [4.78, 5) is 27.5. The zero-order chi connectivity index (χ0) is 31.4. The molecule has 4 atom stereocenters. The minimum Gasteiger partial charge on any atom is -0.445 e. The molecule has 0 radical (unpaired) electrons. The number of ether oxygens (including phenoxy) is 1. The molecule has 11 heteroatoms. The Bertz CT molecular complexity index is 1150. The molecule has 1 amide bonds. The van der Waals surface area contributed by atoms with Gasteiger partial charge >= 0.3 is 6.09 Å². The van der Waals surface area contributed by atoms with Crippen LogP contribution in [0.15, 0.2) is 73.3 Å². The van der Waals surface area contributed by atoms with Gasteiger partial charge in [-0.05, 0) is 55.2 Å². The summed E-state index contributed by atoms with van der Waals surface area (Å²) in [7, 11) is 5.64. The van der Waals surface area contributed by atoms with E-state index in [2.05, 4.69) is 18.4 Å². The van der Waals surface area contributed by atoms with E-state index in [9.17, 15) is 19.1 Å². The molecule has 2 fully saturated rings. The van der Waals surface area contributed by atoms with Crippen LogP contribution in [0.5, 0.6) is 0 Å². The molecule has 0 bridgehead atoms. The fourth-order valence-corrected chi connectivity index (χ4v) is 6.76. The Morgan fingerprint density at radius 1 is 1.05 bits per heavy atom. The summed E-state index contributed by atoms with van der Waals surface area (Å²) in [5.41, 5.74) is 0.713. The second-order valence-electron chi connectivity index (χ2n) is 11.6. The summed E-state index contributed by atoms with van der Waals surface area (Å²) in [6, 6.07) is 18.4. The lowest BCUT2D eigenvalue weighted by molar-refractivity contribution is -0.384. The van der Waals surface area contributed by atoms with Crippen LogP contribution in [0.25, 0.3) is 0 Å². The maximum absolute atomic E-state index is 12.9. The third-order valence-electron chi connectivity index (χ3n) is 8.32. The largest absolute Gasteiger partial charge is 0.445 e. The van der Waals surface area contributed by atoms with Crippen molar-refractivity contribution in [2.75, 3.05) is 47.3 Å². The monoisotopic (exact) mass is 613 g/mol.